The number of nitrogens with one attached hydrogen (secondary N) is 4. The number of carbonyl (C=O) groups is 3. The number of ether oxygens (including phenoxy) is 1. The Balaban J connectivity index is 1.09. The van der Waals surface area contributed by atoms with Crippen LogP contribution in [-0.2, 0) is 14.3 Å². The third-order valence-electron chi connectivity index (χ3n) is 10.2. The van der Waals surface area contributed by atoms with Crippen molar-refractivity contribution in [1.29, 1.82) is 0 Å². The molecule has 0 bridgehead atoms. The Morgan fingerprint density at radius 2 is 1.29 bits per heavy atom. The molecular formula is C39H50N8O4. The van der Waals surface area contributed by atoms with E-state index >= 15 is 0 Å². The minimum atomic E-state index is -0.861. The lowest BCUT2D eigenvalue weighted by Crippen LogP contribution is -2.45. The van der Waals surface area contributed by atoms with Crippen molar-refractivity contribution >= 4 is 17.9 Å². The molecule has 2 saturated heterocycles. The van der Waals surface area contributed by atoms with E-state index in [2.05, 4.69) is 92.9 Å². The van der Waals surface area contributed by atoms with Crippen LogP contribution in [-0.4, -0.2) is 86.5 Å². The zero-order valence-corrected chi connectivity index (χ0v) is 30.2. The van der Waals surface area contributed by atoms with Crippen molar-refractivity contribution in [2.75, 3.05) is 26.7 Å². The first-order valence-electron chi connectivity index (χ1n) is 18.2. The third-order valence-corrected chi connectivity index (χ3v) is 10.2. The lowest BCUT2D eigenvalue weighted by molar-refractivity contribution is -0.143. The van der Waals surface area contributed by atoms with Crippen LogP contribution in [0.5, 0.6) is 0 Å². The fourth-order valence-electron chi connectivity index (χ4n) is 6.97. The highest BCUT2D eigenvalue weighted by Crippen LogP contribution is 2.35. The number of hydrogen-bond donors (Lipinski definition) is 4. The molecule has 0 spiro atoms. The molecule has 0 aliphatic carbocycles. The molecule has 2 aromatic carbocycles. The van der Waals surface area contributed by atoms with Gasteiger partial charge in [-0.15, -0.1) is 0 Å². The third kappa shape index (κ3) is 8.01. The van der Waals surface area contributed by atoms with Crippen LogP contribution in [0.3, 0.4) is 0 Å². The van der Waals surface area contributed by atoms with Gasteiger partial charge in [0.05, 0.1) is 42.4 Å². The second-order valence-electron chi connectivity index (χ2n) is 14.0. The van der Waals surface area contributed by atoms with Crippen LogP contribution in [0, 0.1) is 5.92 Å². The number of rotatable bonds is 12. The van der Waals surface area contributed by atoms with Gasteiger partial charge in [0.1, 0.15) is 11.6 Å². The smallest absolute Gasteiger partial charge is 0.407 e. The highest BCUT2D eigenvalue weighted by atomic mass is 16.6. The van der Waals surface area contributed by atoms with E-state index in [0.29, 0.717) is 19.1 Å². The van der Waals surface area contributed by atoms with Gasteiger partial charge in [-0.25, -0.2) is 14.8 Å². The second kappa shape index (κ2) is 15.9. The summed E-state index contributed by atoms with van der Waals surface area (Å²) in [6, 6.07) is 16.8. The minimum absolute atomic E-state index is 0.0274. The highest BCUT2D eigenvalue weighted by Gasteiger charge is 2.38. The summed E-state index contributed by atoms with van der Waals surface area (Å²) in [6.07, 6.45) is 6.69. The van der Waals surface area contributed by atoms with Gasteiger partial charge in [0, 0.05) is 26.2 Å². The fourth-order valence-corrected chi connectivity index (χ4v) is 6.97. The van der Waals surface area contributed by atoms with Crippen LogP contribution in [0.2, 0.25) is 0 Å². The molecule has 12 nitrogen and oxygen atoms in total. The van der Waals surface area contributed by atoms with Crippen molar-refractivity contribution in [2.24, 2.45) is 5.92 Å². The highest BCUT2D eigenvalue weighted by molar-refractivity contribution is 5.84. The van der Waals surface area contributed by atoms with Crippen molar-refractivity contribution in [2.45, 2.75) is 84.0 Å². The number of hydrogen-bond acceptors (Lipinski definition) is 7. The van der Waals surface area contributed by atoms with Gasteiger partial charge in [0.25, 0.3) is 5.91 Å². The van der Waals surface area contributed by atoms with Gasteiger partial charge < -0.3 is 35.1 Å². The molecule has 6 rings (SSSR count). The zero-order chi connectivity index (χ0) is 36.1. The summed E-state index contributed by atoms with van der Waals surface area (Å²) >= 11 is 0. The van der Waals surface area contributed by atoms with Crippen LogP contribution >= 0.6 is 0 Å². The van der Waals surface area contributed by atoms with Gasteiger partial charge in [-0.2, -0.15) is 0 Å². The maximum Gasteiger partial charge on any atom is 0.407 e. The number of nitrogens with zero attached hydrogens (tertiary/aromatic N) is 4. The molecule has 1 unspecified atom stereocenters. The molecule has 4 N–H and O–H groups in total. The number of alkyl carbamates (subject to hydrolysis) is 1. The number of benzene rings is 2. The van der Waals surface area contributed by atoms with Gasteiger partial charge in [-0.05, 0) is 67.2 Å². The van der Waals surface area contributed by atoms with Crippen LogP contribution in [0.15, 0.2) is 60.9 Å². The largest absolute Gasteiger partial charge is 0.436 e. The van der Waals surface area contributed by atoms with Gasteiger partial charge in [-0.1, -0.05) is 69.3 Å². The predicted octanol–water partition coefficient (Wildman–Crippen LogP) is 6.23. The number of aromatic amines is 2. The molecule has 270 valence electrons. The molecule has 2 aliphatic heterocycles. The van der Waals surface area contributed by atoms with E-state index in [4.69, 9.17) is 4.74 Å². The number of imidazole rings is 2. The van der Waals surface area contributed by atoms with Gasteiger partial charge in [-0.3, -0.25) is 9.59 Å². The van der Waals surface area contributed by atoms with E-state index < -0.39 is 12.2 Å². The zero-order valence-electron chi connectivity index (χ0n) is 30.2. The molecule has 4 heterocycles. The van der Waals surface area contributed by atoms with Gasteiger partial charge in [0.2, 0.25) is 5.91 Å². The van der Waals surface area contributed by atoms with Crippen molar-refractivity contribution in [3.8, 4) is 33.6 Å². The summed E-state index contributed by atoms with van der Waals surface area (Å²) in [5.41, 5.74) is 6.01. The SMILES string of the molecule is CCC(C)NCC(=O)N1CCC[C@H]1c1ncc(-c2ccc(-c3ccc(-c4cnc([C@@H]5CCCN5C(=O)[C@@H](OC(=O)NC)C(C)C)[nH]4)cc3)cc2)[nH]1. The molecule has 3 amide bonds. The Labute approximate surface area is 299 Å². The number of amides is 3. The quantitative estimate of drug-likeness (QED) is 0.137. The molecule has 0 radical (unpaired) electrons. The Kier molecular flexibility index (Phi) is 11.2. The number of likely N-dealkylation sites (tertiary alicyclic amines) is 2. The van der Waals surface area contributed by atoms with E-state index in [1.165, 1.54) is 7.05 Å². The molecule has 12 heteroatoms. The summed E-state index contributed by atoms with van der Waals surface area (Å²) in [5.74, 6) is 1.32. The maximum atomic E-state index is 13.5. The normalized spacial score (nSPS) is 18.6. The molecular weight excluding hydrogens is 644 g/mol. The van der Waals surface area contributed by atoms with E-state index in [-0.39, 0.29) is 29.8 Å². The maximum absolute atomic E-state index is 13.5. The lowest BCUT2D eigenvalue weighted by Gasteiger charge is -2.29. The monoisotopic (exact) mass is 694 g/mol. The fraction of sp³-hybridized carbons (Fsp3) is 0.462. The summed E-state index contributed by atoms with van der Waals surface area (Å²) in [7, 11) is 1.48. The number of carbonyl (C=O) groups excluding carboxylic acids is 3. The first-order chi connectivity index (χ1) is 24.7. The van der Waals surface area contributed by atoms with E-state index in [9.17, 15) is 14.4 Å². The van der Waals surface area contributed by atoms with Crippen LogP contribution in [0.4, 0.5) is 4.79 Å². The Hall–Kier alpha value is -4.97. The predicted molar refractivity (Wildman–Crippen MR) is 196 cm³/mol. The first kappa shape index (κ1) is 35.8. The lowest BCUT2D eigenvalue weighted by atomic mass is 10.0. The summed E-state index contributed by atoms with van der Waals surface area (Å²) < 4.78 is 5.43. The number of aromatic nitrogens is 4. The Bertz CT molecular complexity index is 1800. The molecule has 2 aromatic heterocycles. The van der Waals surface area contributed by atoms with Crippen LogP contribution in [0.25, 0.3) is 33.6 Å². The summed E-state index contributed by atoms with van der Waals surface area (Å²) in [4.78, 5) is 58.4. The molecule has 4 aromatic rings. The second-order valence-corrected chi connectivity index (χ2v) is 14.0. The van der Waals surface area contributed by atoms with Crippen molar-refractivity contribution in [3.63, 3.8) is 0 Å². The van der Waals surface area contributed by atoms with Crippen LogP contribution in [0.1, 0.15) is 83.5 Å². The molecule has 2 fully saturated rings. The summed E-state index contributed by atoms with van der Waals surface area (Å²) in [6.45, 7) is 9.65. The Morgan fingerprint density at radius 1 is 0.804 bits per heavy atom. The molecule has 4 atom stereocenters. The standard InChI is InChI=1S/C39H50N8O4/c1-6-25(4)41-23-34(48)46-19-7-9-32(46)36-42-21-30(44-36)28-15-11-26(12-16-28)27-13-17-29(18-14-27)31-22-43-37(45-31)33-10-8-20-47(33)38(49)35(24(2)3)51-39(50)40-5/h11-18,21-22,24-25,32-33,35,41H,6-10,19-20,23H2,1-5H3,(H,40,50)(H,42,44)(H,43,45)/t25?,32-,33-,35-/m0/s1. The van der Waals surface area contributed by atoms with Crippen molar-refractivity contribution < 1.29 is 19.1 Å². The van der Waals surface area contributed by atoms with Gasteiger partial charge >= 0.3 is 6.09 Å². The topological polar surface area (TPSA) is 148 Å². The molecule has 51 heavy (non-hydrogen) atoms. The van der Waals surface area contributed by atoms with E-state index in [1.54, 1.807) is 4.90 Å². The van der Waals surface area contributed by atoms with Crippen LogP contribution < -0.4 is 10.6 Å². The van der Waals surface area contributed by atoms with Gasteiger partial charge in [0.15, 0.2) is 6.10 Å². The average Bonchev–Trinajstić information content (AvgIpc) is 3.99. The number of H-pyrrole nitrogens is 2. The minimum Gasteiger partial charge on any atom is -0.436 e. The molecule has 2 aliphatic rings. The van der Waals surface area contributed by atoms with Crippen molar-refractivity contribution in [3.05, 3.63) is 72.6 Å². The Morgan fingerprint density at radius 3 is 1.78 bits per heavy atom. The summed E-state index contributed by atoms with van der Waals surface area (Å²) in [5, 5.41) is 5.76. The van der Waals surface area contributed by atoms with E-state index in [1.807, 2.05) is 31.1 Å². The van der Waals surface area contributed by atoms with E-state index in [0.717, 1.165) is 83.9 Å². The van der Waals surface area contributed by atoms with Crippen molar-refractivity contribution in [1.82, 2.24) is 40.4 Å². The first-order valence-corrected chi connectivity index (χ1v) is 18.2. The molecule has 0 saturated carbocycles. The average molecular weight is 695 g/mol.